The van der Waals surface area contributed by atoms with Gasteiger partial charge >= 0.3 is 0 Å². The lowest BCUT2D eigenvalue weighted by Crippen LogP contribution is -2.40. The van der Waals surface area contributed by atoms with Gasteiger partial charge < -0.3 is 0 Å². The third-order valence-corrected chi connectivity index (χ3v) is 7.57. The molecule has 2 rings (SSSR count). The van der Waals surface area contributed by atoms with Crippen LogP contribution in [0.2, 0.25) is 0 Å². The molecule has 0 aromatic carbocycles. The molecule has 1 aromatic heterocycles. The summed E-state index contributed by atoms with van der Waals surface area (Å²) in [7, 11) is -3.29. The van der Waals surface area contributed by atoms with Crippen LogP contribution >= 0.6 is 11.3 Å². The first kappa shape index (κ1) is 15.0. The molecule has 1 fully saturated rings. The molecule has 0 saturated heterocycles. The van der Waals surface area contributed by atoms with Crippen molar-refractivity contribution in [3.8, 4) is 0 Å². The van der Waals surface area contributed by atoms with Gasteiger partial charge in [0.15, 0.2) is 0 Å². The van der Waals surface area contributed by atoms with Gasteiger partial charge in [0.1, 0.15) is 4.21 Å². The molecular formula is C14H23NO2S2. The van der Waals surface area contributed by atoms with E-state index in [0.717, 1.165) is 37.0 Å². The van der Waals surface area contributed by atoms with Gasteiger partial charge in [0.05, 0.1) is 0 Å². The molecular weight excluding hydrogens is 278 g/mol. The first-order chi connectivity index (χ1) is 9.09. The Hall–Kier alpha value is -0.390. The first-order valence-electron chi connectivity index (χ1n) is 7.20. The molecule has 108 valence electrons. The van der Waals surface area contributed by atoms with Crippen LogP contribution in [0, 0.1) is 0 Å². The van der Waals surface area contributed by atoms with Crippen LogP contribution in [0.1, 0.15) is 50.8 Å². The molecule has 5 heteroatoms. The summed E-state index contributed by atoms with van der Waals surface area (Å²) in [6.45, 7) is 4.58. The van der Waals surface area contributed by atoms with Crippen molar-refractivity contribution < 1.29 is 8.42 Å². The highest BCUT2D eigenvalue weighted by Crippen LogP contribution is 2.30. The maximum absolute atomic E-state index is 12.7. The van der Waals surface area contributed by atoms with Crippen LogP contribution in [0.5, 0.6) is 0 Å². The lowest BCUT2D eigenvalue weighted by molar-refractivity contribution is 0.262. The van der Waals surface area contributed by atoms with Gasteiger partial charge in [-0.3, -0.25) is 0 Å². The molecule has 1 heterocycles. The zero-order valence-corrected chi connectivity index (χ0v) is 13.4. The molecule has 0 atom stereocenters. The van der Waals surface area contributed by atoms with E-state index in [1.54, 1.807) is 10.4 Å². The van der Waals surface area contributed by atoms with Crippen LogP contribution in [-0.4, -0.2) is 25.3 Å². The Labute approximate surface area is 120 Å². The van der Waals surface area contributed by atoms with Crippen LogP contribution in [0.25, 0.3) is 0 Å². The Kier molecular flexibility index (Phi) is 5.03. The Morgan fingerprint density at radius 3 is 2.42 bits per heavy atom. The van der Waals surface area contributed by atoms with Gasteiger partial charge in [0.2, 0.25) is 0 Å². The summed E-state index contributed by atoms with van der Waals surface area (Å²) >= 11 is 1.42. The topological polar surface area (TPSA) is 37.4 Å². The Balaban J connectivity index is 2.24. The van der Waals surface area contributed by atoms with E-state index in [0.29, 0.717) is 10.8 Å². The molecule has 1 aromatic rings. The van der Waals surface area contributed by atoms with Gasteiger partial charge in [0, 0.05) is 17.5 Å². The smallest absolute Gasteiger partial charge is 0.206 e. The normalized spacial score (nSPS) is 18.1. The maximum atomic E-state index is 12.7. The van der Waals surface area contributed by atoms with Crippen molar-refractivity contribution in [3.63, 3.8) is 0 Å². The molecule has 19 heavy (non-hydrogen) atoms. The summed E-state index contributed by atoms with van der Waals surface area (Å²) in [5.74, 6) is 0. The molecule has 0 radical (unpaired) electrons. The number of hydrogen-bond acceptors (Lipinski definition) is 3. The highest BCUT2D eigenvalue weighted by atomic mass is 32.2. The number of nitrogens with zero attached hydrogens (tertiary/aromatic N) is 1. The fourth-order valence-electron chi connectivity index (χ4n) is 2.80. The molecule has 1 aliphatic carbocycles. The van der Waals surface area contributed by atoms with Crippen molar-refractivity contribution in [2.45, 2.75) is 62.6 Å². The molecule has 0 N–H and O–H groups in total. The van der Waals surface area contributed by atoms with E-state index in [1.165, 1.54) is 17.8 Å². The second-order valence-corrected chi connectivity index (χ2v) is 8.36. The van der Waals surface area contributed by atoms with E-state index < -0.39 is 10.0 Å². The molecule has 1 saturated carbocycles. The van der Waals surface area contributed by atoms with Crippen LogP contribution in [0.3, 0.4) is 0 Å². The molecule has 0 bridgehead atoms. The molecule has 0 unspecified atom stereocenters. The van der Waals surface area contributed by atoms with Gasteiger partial charge in [-0.25, -0.2) is 8.42 Å². The molecule has 0 spiro atoms. The Morgan fingerprint density at radius 2 is 1.89 bits per heavy atom. The van der Waals surface area contributed by atoms with Crippen LogP contribution in [-0.2, 0) is 16.4 Å². The molecule has 0 aliphatic heterocycles. The lowest BCUT2D eigenvalue weighted by Gasteiger charge is -2.32. The van der Waals surface area contributed by atoms with Gasteiger partial charge in [-0.2, -0.15) is 4.31 Å². The third-order valence-electron chi connectivity index (χ3n) is 3.84. The fourth-order valence-corrected chi connectivity index (χ4v) is 5.91. The number of aryl methyl sites for hydroxylation is 1. The van der Waals surface area contributed by atoms with Gasteiger partial charge in [0.25, 0.3) is 10.0 Å². The second-order valence-electron chi connectivity index (χ2n) is 5.07. The molecule has 0 amide bonds. The summed E-state index contributed by atoms with van der Waals surface area (Å²) in [6, 6.07) is 3.91. The third kappa shape index (κ3) is 3.20. The highest BCUT2D eigenvalue weighted by Gasteiger charge is 2.31. The van der Waals surface area contributed by atoms with Crippen molar-refractivity contribution in [2.24, 2.45) is 0 Å². The van der Waals surface area contributed by atoms with E-state index in [-0.39, 0.29) is 6.04 Å². The van der Waals surface area contributed by atoms with E-state index in [2.05, 4.69) is 6.92 Å². The van der Waals surface area contributed by atoms with E-state index in [9.17, 15) is 8.42 Å². The van der Waals surface area contributed by atoms with Crippen molar-refractivity contribution in [2.75, 3.05) is 6.54 Å². The average molecular weight is 301 g/mol. The lowest BCUT2D eigenvalue weighted by atomic mass is 9.95. The number of sulfonamides is 1. The minimum absolute atomic E-state index is 0.205. The summed E-state index contributed by atoms with van der Waals surface area (Å²) in [5.41, 5.74) is 0. The zero-order valence-electron chi connectivity index (χ0n) is 11.8. The second kappa shape index (κ2) is 6.37. The Bertz CT molecular complexity index is 501. The number of thiophene rings is 1. The van der Waals surface area contributed by atoms with E-state index in [4.69, 9.17) is 0 Å². The number of hydrogen-bond donors (Lipinski definition) is 0. The summed E-state index contributed by atoms with van der Waals surface area (Å²) in [6.07, 6.45) is 6.48. The Morgan fingerprint density at radius 1 is 1.21 bits per heavy atom. The zero-order chi connectivity index (χ0) is 13.9. The summed E-state index contributed by atoms with van der Waals surface area (Å²) in [4.78, 5) is 1.14. The van der Waals surface area contributed by atoms with Crippen molar-refractivity contribution >= 4 is 21.4 Å². The molecule has 1 aliphatic rings. The predicted octanol–water partition coefficient (Wildman–Crippen LogP) is 3.65. The maximum Gasteiger partial charge on any atom is 0.252 e. The fraction of sp³-hybridized carbons (Fsp3) is 0.714. The van der Waals surface area contributed by atoms with Gasteiger partial charge in [-0.1, -0.05) is 33.1 Å². The minimum Gasteiger partial charge on any atom is -0.206 e. The van der Waals surface area contributed by atoms with Crippen molar-refractivity contribution in [1.82, 2.24) is 4.31 Å². The van der Waals surface area contributed by atoms with Crippen LogP contribution in [0.15, 0.2) is 16.3 Å². The summed E-state index contributed by atoms with van der Waals surface area (Å²) in [5, 5.41) is 0. The highest BCUT2D eigenvalue weighted by molar-refractivity contribution is 7.91. The van der Waals surface area contributed by atoms with Gasteiger partial charge in [-0.15, -0.1) is 11.3 Å². The largest absolute Gasteiger partial charge is 0.252 e. The van der Waals surface area contributed by atoms with Crippen LogP contribution < -0.4 is 0 Å². The van der Waals surface area contributed by atoms with Crippen LogP contribution in [0.4, 0.5) is 0 Å². The van der Waals surface area contributed by atoms with Crippen molar-refractivity contribution in [1.29, 1.82) is 0 Å². The molecule has 3 nitrogen and oxygen atoms in total. The SMILES string of the molecule is CCc1ccc(S(=O)(=O)N(CC)C2CCCCC2)s1. The van der Waals surface area contributed by atoms with E-state index in [1.807, 2.05) is 13.0 Å². The van der Waals surface area contributed by atoms with Gasteiger partial charge in [-0.05, 0) is 31.4 Å². The summed E-state index contributed by atoms with van der Waals surface area (Å²) < 4.78 is 27.7. The predicted molar refractivity (Wildman–Crippen MR) is 80.1 cm³/mol. The van der Waals surface area contributed by atoms with E-state index >= 15 is 0 Å². The average Bonchev–Trinajstić information content (AvgIpc) is 2.90. The standard InChI is InChI=1S/C14H23NO2S2/c1-3-13-10-11-14(18-13)19(16,17)15(4-2)12-8-6-5-7-9-12/h10-12H,3-9H2,1-2H3. The first-order valence-corrected chi connectivity index (χ1v) is 9.45. The quantitative estimate of drug-likeness (QED) is 0.832. The minimum atomic E-state index is -3.29. The number of rotatable bonds is 5. The van der Waals surface area contributed by atoms with Crippen molar-refractivity contribution in [3.05, 3.63) is 17.0 Å². The monoisotopic (exact) mass is 301 g/mol.